The van der Waals surface area contributed by atoms with Crippen LogP contribution in [0.1, 0.15) is 55.4 Å². The molecular weight excluding hydrogens is 358 g/mol. The minimum absolute atomic E-state index is 0.0109. The lowest BCUT2D eigenvalue weighted by Crippen LogP contribution is -2.57. The second-order valence-corrected chi connectivity index (χ2v) is 7.85. The Bertz CT molecular complexity index is 843. The number of piperidine rings is 1. The summed E-state index contributed by atoms with van der Waals surface area (Å²) in [6, 6.07) is 3.12. The average molecular weight is 385 g/mol. The maximum atomic E-state index is 13.0. The van der Waals surface area contributed by atoms with E-state index in [0.29, 0.717) is 30.9 Å². The number of hydrogen-bond acceptors (Lipinski definition) is 5. The van der Waals surface area contributed by atoms with E-state index in [1.54, 1.807) is 23.2 Å². The molecule has 4 rings (SSSR count). The molecule has 2 N–H and O–H groups in total. The Morgan fingerprint density at radius 2 is 1.93 bits per heavy atom. The molecule has 1 aliphatic heterocycles. The van der Waals surface area contributed by atoms with Crippen molar-refractivity contribution < 1.29 is 14.7 Å². The van der Waals surface area contributed by atoms with Gasteiger partial charge in [-0.25, -0.2) is 9.50 Å². The molecule has 8 heteroatoms. The summed E-state index contributed by atoms with van der Waals surface area (Å²) in [5.74, 6) is -0.160. The molecule has 1 saturated heterocycles. The van der Waals surface area contributed by atoms with Crippen LogP contribution in [-0.4, -0.2) is 61.7 Å². The number of aliphatic hydroxyl groups is 1. The fraction of sp³-hybridized carbons (Fsp3) is 0.600. The zero-order valence-corrected chi connectivity index (χ0v) is 16.0. The first-order chi connectivity index (χ1) is 13.6. The highest BCUT2D eigenvalue weighted by atomic mass is 16.3. The van der Waals surface area contributed by atoms with Gasteiger partial charge in [0.05, 0.1) is 18.3 Å². The normalized spacial score (nSPS) is 24.1. The van der Waals surface area contributed by atoms with E-state index in [0.717, 1.165) is 25.7 Å². The standard InChI is InChI=1S/C20H27N5O3/c26-17-9-11-24(20(28)16-12-21-18-8-5-10-22-25(16)18)13-15(17)23-19(27)14-6-3-1-2-4-7-14/h5,8,10,12,14-15,17,26H,1-4,6-7,9,11,13H2,(H,23,27)/t15-,17-/m1/s1. The zero-order chi connectivity index (χ0) is 19.5. The summed E-state index contributed by atoms with van der Waals surface area (Å²) in [5, 5.41) is 17.6. The summed E-state index contributed by atoms with van der Waals surface area (Å²) in [4.78, 5) is 31.6. The number of fused-ring (bicyclic) bond motifs is 1. The lowest BCUT2D eigenvalue weighted by Gasteiger charge is -2.37. The van der Waals surface area contributed by atoms with Gasteiger partial charge in [-0.05, 0) is 31.4 Å². The second kappa shape index (κ2) is 8.26. The van der Waals surface area contributed by atoms with Crippen LogP contribution in [-0.2, 0) is 4.79 Å². The number of hydrogen-bond donors (Lipinski definition) is 2. The Labute approximate surface area is 163 Å². The van der Waals surface area contributed by atoms with Crippen molar-refractivity contribution in [2.45, 2.75) is 57.1 Å². The number of carbonyl (C=O) groups excluding carboxylic acids is 2. The Morgan fingerprint density at radius 3 is 2.71 bits per heavy atom. The monoisotopic (exact) mass is 385 g/mol. The van der Waals surface area contributed by atoms with E-state index in [2.05, 4.69) is 15.4 Å². The molecule has 0 bridgehead atoms. The van der Waals surface area contributed by atoms with Crippen LogP contribution in [0.25, 0.3) is 5.65 Å². The van der Waals surface area contributed by atoms with Gasteiger partial charge in [-0.3, -0.25) is 9.59 Å². The van der Waals surface area contributed by atoms with Gasteiger partial charge in [0.1, 0.15) is 0 Å². The van der Waals surface area contributed by atoms with Crippen molar-refractivity contribution in [1.82, 2.24) is 24.8 Å². The Balaban J connectivity index is 1.44. The molecule has 1 aliphatic carbocycles. The molecule has 8 nitrogen and oxygen atoms in total. The highest BCUT2D eigenvalue weighted by Gasteiger charge is 2.34. The molecule has 0 radical (unpaired) electrons. The van der Waals surface area contributed by atoms with Crippen molar-refractivity contribution >= 4 is 17.5 Å². The zero-order valence-electron chi connectivity index (χ0n) is 16.0. The summed E-state index contributed by atoms with van der Waals surface area (Å²) in [7, 11) is 0. The number of aliphatic hydroxyl groups excluding tert-OH is 1. The van der Waals surface area contributed by atoms with Crippen LogP contribution in [0, 0.1) is 5.92 Å². The SMILES string of the molecule is O=C(N[C@@H]1CN(C(=O)c2cnc3cccnn23)CC[C@H]1O)C1CCCCCC1. The van der Waals surface area contributed by atoms with Gasteiger partial charge in [0.25, 0.3) is 5.91 Å². The molecule has 3 heterocycles. The molecule has 0 aromatic carbocycles. The van der Waals surface area contributed by atoms with Crippen molar-refractivity contribution in [2.75, 3.05) is 13.1 Å². The van der Waals surface area contributed by atoms with Gasteiger partial charge in [-0.2, -0.15) is 5.10 Å². The molecule has 2 fully saturated rings. The highest BCUT2D eigenvalue weighted by Crippen LogP contribution is 2.24. The number of imidazole rings is 1. The Hall–Kier alpha value is -2.48. The summed E-state index contributed by atoms with van der Waals surface area (Å²) in [6.07, 6.45) is 9.28. The van der Waals surface area contributed by atoms with Crippen molar-refractivity contribution in [3.63, 3.8) is 0 Å². The van der Waals surface area contributed by atoms with Gasteiger partial charge >= 0.3 is 0 Å². The predicted molar refractivity (Wildman–Crippen MR) is 103 cm³/mol. The van der Waals surface area contributed by atoms with Gasteiger partial charge in [0.15, 0.2) is 11.3 Å². The van der Waals surface area contributed by atoms with Crippen LogP contribution in [0.3, 0.4) is 0 Å². The lowest BCUT2D eigenvalue weighted by atomic mass is 9.96. The predicted octanol–water partition coefficient (Wildman–Crippen LogP) is 1.39. The van der Waals surface area contributed by atoms with Gasteiger partial charge in [-0.15, -0.1) is 0 Å². The highest BCUT2D eigenvalue weighted by molar-refractivity contribution is 5.93. The van der Waals surface area contributed by atoms with Crippen LogP contribution in [0.15, 0.2) is 24.5 Å². The van der Waals surface area contributed by atoms with Crippen molar-refractivity contribution in [2.24, 2.45) is 5.92 Å². The smallest absolute Gasteiger partial charge is 0.274 e. The van der Waals surface area contributed by atoms with Crippen LogP contribution >= 0.6 is 0 Å². The molecule has 28 heavy (non-hydrogen) atoms. The molecule has 2 aromatic rings. The third kappa shape index (κ3) is 3.87. The fourth-order valence-electron chi connectivity index (χ4n) is 4.25. The summed E-state index contributed by atoms with van der Waals surface area (Å²) in [5.41, 5.74) is 1.00. The van der Waals surface area contributed by atoms with Crippen LogP contribution in [0.4, 0.5) is 0 Å². The third-order valence-corrected chi connectivity index (χ3v) is 5.91. The van der Waals surface area contributed by atoms with Crippen LogP contribution in [0.5, 0.6) is 0 Å². The minimum atomic E-state index is -0.640. The van der Waals surface area contributed by atoms with E-state index < -0.39 is 12.1 Å². The largest absolute Gasteiger partial charge is 0.391 e. The summed E-state index contributed by atoms with van der Waals surface area (Å²) < 4.78 is 1.52. The second-order valence-electron chi connectivity index (χ2n) is 7.85. The van der Waals surface area contributed by atoms with E-state index in [1.807, 2.05) is 0 Å². The van der Waals surface area contributed by atoms with Gasteiger partial charge in [-0.1, -0.05) is 25.7 Å². The third-order valence-electron chi connectivity index (χ3n) is 5.91. The topological polar surface area (TPSA) is 99.8 Å². The Morgan fingerprint density at radius 1 is 1.14 bits per heavy atom. The van der Waals surface area contributed by atoms with Crippen molar-refractivity contribution in [3.05, 3.63) is 30.2 Å². The fourth-order valence-corrected chi connectivity index (χ4v) is 4.25. The number of carbonyl (C=O) groups is 2. The summed E-state index contributed by atoms with van der Waals surface area (Å²) >= 11 is 0. The van der Waals surface area contributed by atoms with E-state index >= 15 is 0 Å². The minimum Gasteiger partial charge on any atom is -0.391 e. The van der Waals surface area contributed by atoms with Gasteiger partial charge < -0.3 is 15.3 Å². The maximum Gasteiger partial charge on any atom is 0.274 e. The van der Waals surface area contributed by atoms with Crippen LogP contribution < -0.4 is 5.32 Å². The molecule has 0 spiro atoms. The number of nitrogens with one attached hydrogen (secondary N) is 1. The number of aromatic nitrogens is 3. The maximum absolute atomic E-state index is 13.0. The van der Waals surface area contributed by atoms with Crippen LogP contribution in [0.2, 0.25) is 0 Å². The first-order valence-corrected chi connectivity index (χ1v) is 10.2. The number of rotatable bonds is 3. The molecule has 2 aromatic heterocycles. The first-order valence-electron chi connectivity index (χ1n) is 10.2. The molecule has 150 valence electrons. The number of likely N-dealkylation sites (tertiary alicyclic amines) is 1. The van der Waals surface area contributed by atoms with Gasteiger partial charge in [0, 0.05) is 25.2 Å². The molecule has 1 saturated carbocycles. The van der Waals surface area contributed by atoms with E-state index in [1.165, 1.54) is 23.6 Å². The molecule has 2 amide bonds. The average Bonchev–Trinajstić information content (AvgIpc) is 2.94. The first kappa shape index (κ1) is 18.9. The van der Waals surface area contributed by atoms with Crippen molar-refractivity contribution in [3.8, 4) is 0 Å². The molecule has 0 unspecified atom stereocenters. The van der Waals surface area contributed by atoms with E-state index in [4.69, 9.17) is 0 Å². The lowest BCUT2D eigenvalue weighted by molar-refractivity contribution is -0.127. The molecule has 2 aliphatic rings. The number of nitrogens with zero attached hydrogens (tertiary/aromatic N) is 4. The quantitative estimate of drug-likeness (QED) is 0.778. The van der Waals surface area contributed by atoms with E-state index in [9.17, 15) is 14.7 Å². The molecular formula is C20H27N5O3. The van der Waals surface area contributed by atoms with E-state index in [-0.39, 0.29) is 17.7 Å². The van der Waals surface area contributed by atoms with Crippen molar-refractivity contribution in [1.29, 1.82) is 0 Å². The number of amides is 2. The molecule has 2 atom stereocenters. The Kier molecular flexibility index (Phi) is 5.57. The summed E-state index contributed by atoms with van der Waals surface area (Å²) in [6.45, 7) is 0.731. The van der Waals surface area contributed by atoms with Gasteiger partial charge in [0.2, 0.25) is 5.91 Å².